The van der Waals surface area contributed by atoms with Gasteiger partial charge in [0.1, 0.15) is 11.5 Å². The van der Waals surface area contributed by atoms with Crippen molar-refractivity contribution in [2.75, 3.05) is 39.5 Å². The van der Waals surface area contributed by atoms with Crippen LogP contribution in [0.4, 0.5) is 0 Å². The summed E-state index contributed by atoms with van der Waals surface area (Å²) in [6.07, 6.45) is 2.11. The van der Waals surface area contributed by atoms with Gasteiger partial charge in [0.15, 0.2) is 11.7 Å². The SMILES string of the molecule is CN(C)Cc1ccc(CSCCNC2=NS(=O)(=O)N=C2N2CCCC2)o1. The first-order chi connectivity index (χ1) is 12.4. The molecule has 2 aliphatic heterocycles. The molecular weight excluding hydrogens is 374 g/mol. The van der Waals surface area contributed by atoms with Crippen molar-refractivity contribution in [1.29, 1.82) is 0 Å². The number of thioether (sulfide) groups is 1. The van der Waals surface area contributed by atoms with E-state index in [1.807, 2.05) is 31.1 Å². The van der Waals surface area contributed by atoms with Crippen LogP contribution in [0.1, 0.15) is 24.4 Å². The molecule has 8 nitrogen and oxygen atoms in total. The fourth-order valence-corrected chi connectivity index (χ4v) is 4.47. The van der Waals surface area contributed by atoms with E-state index in [0.717, 1.165) is 55.5 Å². The Bertz CT molecular complexity index is 780. The molecule has 1 aromatic rings. The number of hydrogen-bond acceptors (Lipinski definition) is 7. The first-order valence-electron chi connectivity index (χ1n) is 8.67. The zero-order chi connectivity index (χ0) is 18.6. The predicted octanol–water partition coefficient (Wildman–Crippen LogP) is 1.32. The van der Waals surface area contributed by atoms with Crippen LogP contribution in [0, 0.1) is 0 Å². The molecule has 3 heterocycles. The minimum atomic E-state index is -3.73. The van der Waals surface area contributed by atoms with E-state index in [1.165, 1.54) is 0 Å². The number of rotatable bonds is 7. The van der Waals surface area contributed by atoms with Crippen molar-refractivity contribution in [3.05, 3.63) is 23.7 Å². The van der Waals surface area contributed by atoms with Crippen molar-refractivity contribution in [3.63, 3.8) is 0 Å². The number of amidine groups is 2. The van der Waals surface area contributed by atoms with Gasteiger partial charge in [0.25, 0.3) is 0 Å². The molecule has 1 aromatic heterocycles. The van der Waals surface area contributed by atoms with Crippen molar-refractivity contribution in [2.45, 2.75) is 25.1 Å². The molecule has 0 bridgehead atoms. The fraction of sp³-hybridized carbons (Fsp3) is 0.625. The smallest absolute Gasteiger partial charge is 0.367 e. The lowest BCUT2D eigenvalue weighted by atomic mass is 10.4. The first kappa shape index (κ1) is 19.2. The third-order valence-electron chi connectivity index (χ3n) is 4.00. The first-order valence-corrected chi connectivity index (χ1v) is 11.2. The van der Waals surface area contributed by atoms with Crippen molar-refractivity contribution >= 4 is 33.6 Å². The monoisotopic (exact) mass is 399 g/mol. The second-order valence-corrected chi connectivity index (χ2v) is 8.95. The Hall–Kier alpha value is -1.52. The van der Waals surface area contributed by atoms with Gasteiger partial charge in [-0.1, -0.05) is 0 Å². The summed E-state index contributed by atoms with van der Waals surface area (Å²) >= 11 is 1.73. The van der Waals surface area contributed by atoms with E-state index >= 15 is 0 Å². The molecule has 2 aliphatic rings. The van der Waals surface area contributed by atoms with Crippen LogP contribution in [-0.4, -0.2) is 69.4 Å². The van der Waals surface area contributed by atoms with E-state index in [4.69, 9.17) is 4.42 Å². The van der Waals surface area contributed by atoms with Gasteiger partial charge in [0.2, 0.25) is 0 Å². The third kappa shape index (κ3) is 5.24. The van der Waals surface area contributed by atoms with Gasteiger partial charge in [-0.25, -0.2) is 0 Å². The summed E-state index contributed by atoms with van der Waals surface area (Å²) in [6.45, 7) is 3.07. The van der Waals surface area contributed by atoms with Gasteiger partial charge in [-0.05, 0) is 39.1 Å². The number of furan rings is 1. The molecule has 144 valence electrons. The summed E-state index contributed by atoms with van der Waals surface area (Å²) in [7, 11) is 0.287. The second-order valence-electron chi connectivity index (χ2n) is 6.58. The highest BCUT2D eigenvalue weighted by atomic mass is 32.2. The Labute approximate surface area is 158 Å². The fourth-order valence-electron chi connectivity index (χ4n) is 2.89. The molecule has 0 atom stereocenters. The van der Waals surface area contributed by atoms with Gasteiger partial charge in [-0.15, -0.1) is 8.80 Å². The molecule has 1 saturated heterocycles. The van der Waals surface area contributed by atoms with E-state index in [1.54, 1.807) is 11.8 Å². The lowest BCUT2D eigenvalue weighted by molar-refractivity contribution is 0.344. The zero-order valence-corrected chi connectivity index (χ0v) is 16.8. The maximum Gasteiger partial charge on any atom is 0.367 e. The van der Waals surface area contributed by atoms with Gasteiger partial charge in [-0.2, -0.15) is 20.2 Å². The van der Waals surface area contributed by atoms with Crippen LogP contribution >= 0.6 is 11.8 Å². The summed E-state index contributed by atoms with van der Waals surface area (Å²) in [5.41, 5.74) is 0. The van der Waals surface area contributed by atoms with Crippen LogP contribution in [0.5, 0.6) is 0 Å². The summed E-state index contributed by atoms with van der Waals surface area (Å²) in [4.78, 5) is 4.05. The summed E-state index contributed by atoms with van der Waals surface area (Å²) < 4.78 is 36.7. The van der Waals surface area contributed by atoms with E-state index in [9.17, 15) is 8.42 Å². The second kappa shape index (κ2) is 8.45. The number of nitrogens with zero attached hydrogens (tertiary/aromatic N) is 4. The molecule has 0 amide bonds. The highest BCUT2D eigenvalue weighted by Crippen LogP contribution is 2.17. The average Bonchev–Trinajstić information content (AvgIpc) is 3.27. The quantitative estimate of drug-likeness (QED) is 0.692. The summed E-state index contributed by atoms with van der Waals surface area (Å²) in [6, 6.07) is 4.01. The minimum absolute atomic E-state index is 0.374. The molecule has 3 rings (SSSR count). The van der Waals surface area contributed by atoms with Gasteiger partial charge < -0.3 is 19.5 Å². The molecule has 0 radical (unpaired) electrons. The Morgan fingerprint density at radius 2 is 1.96 bits per heavy atom. The van der Waals surface area contributed by atoms with Gasteiger partial charge in [-0.3, -0.25) is 0 Å². The zero-order valence-electron chi connectivity index (χ0n) is 15.1. The Morgan fingerprint density at radius 1 is 1.23 bits per heavy atom. The van der Waals surface area contributed by atoms with Crippen LogP contribution in [0.25, 0.3) is 0 Å². The van der Waals surface area contributed by atoms with E-state index < -0.39 is 10.2 Å². The van der Waals surface area contributed by atoms with Crippen LogP contribution in [0.2, 0.25) is 0 Å². The van der Waals surface area contributed by atoms with Gasteiger partial charge >= 0.3 is 10.2 Å². The van der Waals surface area contributed by atoms with Crippen molar-refractivity contribution in [1.82, 2.24) is 15.1 Å². The Balaban J connectivity index is 1.43. The van der Waals surface area contributed by atoms with E-state index in [-0.39, 0.29) is 0 Å². The summed E-state index contributed by atoms with van der Waals surface area (Å²) in [5, 5.41) is 3.12. The van der Waals surface area contributed by atoms with Crippen LogP contribution in [0.15, 0.2) is 25.3 Å². The van der Waals surface area contributed by atoms with Crippen molar-refractivity contribution in [3.8, 4) is 0 Å². The Morgan fingerprint density at radius 3 is 2.69 bits per heavy atom. The molecule has 0 saturated carbocycles. The number of hydrogen-bond donors (Lipinski definition) is 1. The topological polar surface area (TPSA) is 90.5 Å². The molecule has 0 spiro atoms. The molecule has 1 N–H and O–H groups in total. The molecular formula is C16H25N5O3S2. The normalized spacial score (nSPS) is 19.1. The highest BCUT2D eigenvalue weighted by Gasteiger charge is 2.29. The van der Waals surface area contributed by atoms with Crippen molar-refractivity contribution < 1.29 is 12.8 Å². The number of likely N-dealkylation sites (tertiary alicyclic amines) is 1. The predicted molar refractivity (Wildman–Crippen MR) is 105 cm³/mol. The van der Waals surface area contributed by atoms with E-state index in [0.29, 0.717) is 18.2 Å². The molecule has 0 aliphatic carbocycles. The third-order valence-corrected chi connectivity index (χ3v) is 5.80. The van der Waals surface area contributed by atoms with Crippen molar-refractivity contribution in [2.24, 2.45) is 8.80 Å². The minimum Gasteiger partial charge on any atom is -0.464 e. The molecule has 0 aromatic carbocycles. The van der Waals surface area contributed by atoms with Crippen LogP contribution in [-0.2, 0) is 22.5 Å². The lowest BCUT2D eigenvalue weighted by Crippen LogP contribution is -2.41. The van der Waals surface area contributed by atoms with Gasteiger partial charge in [0.05, 0.1) is 12.3 Å². The molecule has 10 heteroatoms. The molecule has 26 heavy (non-hydrogen) atoms. The average molecular weight is 400 g/mol. The van der Waals surface area contributed by atoms with E-state index in [2.05, 4.69) is 19.0 Å². The number of nitrogens with one attached hydrogen (secondary N) is 1. The van der Waals surface area contributed by atoms with Gasteiger partial charge in [0, 0.05) is 25.4 Å². The molecule has 1 fully saturated rings. The lowest BCUT2D eigenvalue weighted by Gasteiger charge is -2.18. The standard InChI is InChI=1S/C16H25N5O3S2/c1-20(2)11-13-5-6-14(24-13)12-25-10-7-17-15-16(19-26(22,23)18-15)21-8-3-4-9-21/h5-6H,3-4,7-12H2,1-2H3,(H,17,18). The largest absolute Gasteiger partial charge is 0.464 e. The Kier molecular flexibility index (Phi) is 6.25. The highest BCUT2D eigenvalue weighted by molar-refractivity contribution is 7.98. The van der Waals surface area contributed by atoms with Crippen LogP contribution in [0.3, 0.4) is 0 Å². The summed E-state index contributed by atoms with van der Waals surface area (Å²) in [5.74, 6) is 4.35. The maximum atomic E-state index is 11.7. The van der Waals surface area contributed by atoms with Crippen LogP contribution < -0.4 is 5.32 Å². The molecule has 0 unspecified atom stereocenters. The maximum absolute atomic E-state index is 11.7.